The van der Waals surface area contributed by atoms with E-state index in [2.05, 4.69) is 6.07 Å². The predicted octanol–water partition coefficient (Wildman–Crippen LogP) is 5.44. The van der Waals surface area contributed by atoms with Gasteiger partial charge in [-0.05, 0) is 48.9 Å². The number of halogens is 3. The molecule has 140 valence electrons. The molecule has 1 aromatic heterocycles. The molecule has 0 radical (unpaired) electrons. The van der Waals surface area contributed by atoms with Gasteiger partial charge in [0.2, 0.25) is 0 Å². The Labute approximate surface area is 171 Å². The first kappa shape index (κ1) is 18.5. The van der Waals surface area contributed by atoms with Crippen LogP contribution in [0, 0.1) is 17.1 Å². The van der Waals surface area contributed by atoms with Crippen molar-refractivity contribution < 1.29 is 9.18 Å². The Morgan fingerprint density at radius 3 is 2.39 bits per heavy atom. The highest BCUT2D eigenvalue weighted by Gasteiger charge is 2.47. The summed E-state index contributed by atoms with van der Waals surface area (Å²) < 4.78 is 15.7. The zero-order chi connectivity index (χ0) is 20.1. The molecule has 1 aliphatic rings. The number of fused-ring (bicyclic) bond motifs is 1. The second kappa shape index (κ2) is 6.66. The van der Waals surface area contributed by atoms with Crippen molar-refractivity contribution >= 4 is 40.6 Å². The van der Waals surface area contributed by atoms with E-state index in [1.54, 1.807) is 12.1 Å². The Hall–Kier alpha value is -2.81. The molecule has 1 amide bonds. The largest absolute Gasteiger partial charge is 0.319 e. The Morgan fingerprint density at radius 1 is 1.14 bits per heavy atom. The molecule has 0 fully saturated rings. The highest BCUT2D eigenvalue weighted by atomic mass is 35.5. The summed E-state index contributed by atoms with van der Waals surface area (Å²) >= 11 is 11.9. The third-order valence-electron chi connectivity index (χ3n) is 5.01. The van der Waals surface area contributed by atoms with Gasteiger partial charge in [0.15, 0.2) is 5.82 Å². The number of rotatable bonds is 3. The first-order valence-corrected chi connectivity index (χ1v) is 9.27. The minimum absolute atomic E-state index is 0.144. The normalized spacial score (nSPS) is 18.2. The smallest absolute Gasteiger partial charge is 0.259 e. The maximum atomic E-state index is 13.8. The summed E-state index contributed by atoms with van der Waals surface area (Å²) in [5, 5.41) is 8.68. The van der Waals surface area contributed by atoms with Crippen molar-refractivity contribution in [1.29, 1.82) is 5.26 Å². The number of carbonyl (C=O) groups excluding carboxylic acids is 1. The number of hydrogen-bond acceptors (Lipinski definition) is 2. The van der Waals surface area contributed by atoms with Gasteiger partial charge in [-0.1, -0.05) is 35.3 Å². The summed E-state index contributed by atoms with van der Waals surface area (Å²) in [6.45, 7) is 1.85. The predicted molar refractivity (Wildman–Crippen MR) is 107 cm³/mol. The number of anilines is 2. The Morgan fingerprint density at radius 2 is 1.79 bits per heavy atom. The molecule has 2 aromatic carbocycles. The lowest BCUT2D eigenvalue weighted by Gasteiger charge is -2.25. The van der Waals surface area contributed by atoms with Crippen molar-refractivity contribution in [2.75, 3.05) is 4.90 Å². The van der Waals surface area contributed by atoms with Gasteiger partial charge in [-0.25, -0.2) is 4.39 Å². The minimum atomic E-state index is -0.889. The SMILES string of the molecule is C[C@@]1(Cc2ccc(C#N)cc2)C(=O)N(c2cc(Cl)c(F)c(Cl)c2)c2cccn21. The molecule has 0 saturated heterocycles. The van der Waals surface area contributed by atoms with Gasteiger partial charge in [-0.15, -0.1) is 0 Å². The summed E-state index contributed by atoms with van der Waals surface area (Å²) in [7, 11) is 0. The van der Waals surface area contributed by atoms with Gasteiger partial charge in [-0.3, -0.25) is 9.69 Å². The van der Waals surface area contributed by atoms with Gasteiger partial charge in [0.05, 0.1) is 27.4 Å². The van der Waals surface area contributed by atoms with Crippen LogP contribution in [0.4, 0.5) is 15.9 Å². The third kappa shape index (κ3) is 2.77. The first-order chi connectivity index (χ1) is 13.3. The van der Waals surface area contributed by atoms with E-state index >= 15 is 0 Å². The molecule has 4 rings (SSSR count). The van der Waals surface area contributed by atoms with Crippen LogP contribution in [0.5, 0.6) is 0 Å². The summed E-state index contributed by atoms with van der Waals surface area (Å²) in [6, 6.07) is 15.7. The molecule has 7 heteroatoms. The molecule has 0 N–H and O–H groups in total. The van der Waals surface area contributed by atoms with Crippen molar-refractivity contribution in [3.05, 3.63) is 81.7 Å². The van der Waals surface area contributed by atoms with Crippen LogP contribution in [0.3, 0.4) is 0 Å². The Kier molecular flexibility index (Phi) is 4.41. The summed E-state index contributed by atoms with van der Waals surface area (Å²) in [6.07, 6.45) is 2.27. The maximum Gasteiger partial charge on any atom is 0.259 e. The van der Waals surface area contributed by atoms with Gasteiger partial charge in [0, 0.05) is 12.6 Å². The van der Waals surface area contributed by atoms with Crippen molar-refractivity contribution in [2.24, 2.45) is 0 Å². The van der Waals surface area contributed by atoms with Gasteiger partial charge >= 0.3 is 0 Å². The van der Waals surface area contributed by atoms with Crippen LogP contribution in [0.1, 0.15) is 18.1 Å². The van der Waals surface area contributed by atoms with E-state index in [1.165, 1.54) is 17.0 Å². The fraction of sp³-hybridized carbons (Fsp3) is 0.143. The van der Waals surface area contributed by atoms with E-state index in [0.29, 0.717) is 23.5 Å². The molecule has 1 aliphatic heterocycles. The topological polar surface area (TPSA) is 49.0 Å². The van der Waals surface area contributed by atoms with Crippen molar-refractivity contribution in [3.8, 4) is 6.07 Å². The van der Waals surface area contributed by atoms with E-state index in [-0.39, 0.29) is 16.0 Å². The average molecular weight is 414 g/mol. The van der Waals surface area contributed by atoms with Crippen molar-refractivity contribution in [2.45, 2.75) is 18.9 Å². The van der Waals surface area contributed by atoms with Crippen molar-refractivity contribution in [1.82, 2.24) is 4.57 Å². The Balaban J connectivity index is 1.77. The van der Waals surface area contributed by atoms with Crippen LogP contribution in [0.25, 0.3) is 0 Å². The zero-order valence-corrected chi connectivity index (χ0v) is 16.3. The van der Waals surface area contributed by atoms with Gasteiger partial charge in [0.1, 0.15) is 11.4 Å². The standard InChI is InChI=1S/C21H14Cl2FN3O/c1-21(11-13-4-6-14(12-25)7-5-13)20(28)27(18-3-2-8-26(18)21)15-9-16(22)19(24)17(23)10-15/h2-10H,11H2,1H3/t21-/m1/s1. The fourth-order valence-electron chi connectivity index (χ4n) is 3.60. The number of nitriles is 1. The number of aromatic nitrogens is 1. The lowest BCUT2D eigenvalue weighted by molar-refractivity contribution is -0.123. The summed E-state index contributed by atoms with van der Waals surface area (Å²) in [4.78, 5) is 15.0. The zero-order valence-electron chi connectivity index (χ0n) is 14.8. The lowest BCUT2D eigenvalue weighted by atomic mass is 9.91. The van der Waals surface area contributed by atoms with Crippen LogP contribution >= 0.6 is 23.2 Å². The maximum absolute atomic E-state index is 13.8. The minimum Gasteiger partial charge on any atom is -0.319 e. The second-order valence-electron chi connectivity index (χ2n) is 6.86. The molecule has 3 aromatic rings. The number of carbonyl (C=O) groups is 1. The lowest BCUT2D eigenvalue weighted by Crippen LogP contribution is -2.40. The van der Waals surface area contributed by atoms with Crippen LogP contribution in [0.15, 0.2) is 54.7 Å². The quantitative estimate of drug-likeness (QED) is 0.536. The van der Waals surface area contributed by atoms with Crippen molar-refractivity contribution in [3.63, 3.8) is 0 Å². The van der Waals surface area contributed by atoms with Gasteiger partial charge in [-0.2, -0.15) is 5.26 Å². The van der Waals surface area contributed by atoms with E-state index in [0.717, 1.165) is 5.56 Å². The average Bonchev–Trinajstić information content (AvgIpc) is 3.23. The third-order valence-corrected chi connectivity index (χ3v) is 5.56. The molecule has 0 unspecified atom stereocenters. The highest BCUT2D eigenvalue weighted by Crippen LogP contribution is 2.43. The fourth-order valence-corrected chi connectivity index (χ4v) is 4.07. The molecule has 4 nitrogen and oxygen atoms in total. The number of amides is 1. The van der Waals surface area contributed by atoms with E-state index in [1.807, 2.05) is 42.0 Å². The van der Waals surface area contributed by atoms with E-state index in [9.17, 15) is 9.18 Å². The Bertz CT molecular complexity index is 1110. The molecule has 1 atom stereocenters. The molecular weight excluding hydrogens is 400 g/mol. The molecule has 0 saturated carbocycles. The van der Waals surface area contributed by atoms with Crippen LogP contribution in [0.2, 0.25) is 10.0 Å². The van der Waals surface area contributed by atoms with Gasteiger partial charge < -0.3 is 4.57 Å². The molecular formula is C21H14Cl2FN3O. The monoisotopic (exact) mass is 413 g/mol. The van der Waals surface area contributed by atoms with Crippen LogP contribution in [-0.2, 0) is 16.8 Å². The summed E-state index contributed by atoms with van der Waals surface area (Å²) in [5.41, 5.74) is 1.00. The molecule has 0 aliphatic carbocycles. The van der Waals surface area contributed by atoms with Crippen LogP contribution in [-0.4, -0.2) is 10.5 Å². The molecule has 28 heavy (non-hydrogen) atoms. The van der Waals surface area contributed by atoms with Gasteiger partial charge in [0.25, 0.3) is 5.91 Å². The molecule has 0 spiro atoms. The van der Waals surface area contributed by atoms with E-state index in [4.69, 9.17) is 28.5 Å². The second-order valence-corrected chi connectivity index (χ2v) is 7.67. The molecule has 0 bridgehead atoms. The number of nitrogens with zero attached hydrogens (tertiary/aromatic N) is 3. The van der Waals surface area contributed by atoms with E-state index < -0.39 is 11.4 Å². The number of hydrogen-bond donors (Lipinski definition) is 0. The number of benzene rings is 2. The highest BCUT2D eigenvalue weighted by molar-refractivity contribution is 6.35. The van der Waals surface area contributed by atoms with Crippen LogP contribution < -0.4 is 4.90 Å². The first-order valence-electron chi connectivity index (χ1n) is 8.51. The molecule has 2 heterocycles. The summed E-state index contributed by atoms with van der Waals surface area (Å²) in [5.74, 6) is -0.236.